The van der Waals surface area contributed by atoms with E-state index in [1.54, 1.807) is 32.0 Å². The van der Waals surface area contributed by atoms with Crippen LogP contribution in [0.1, 0.15) is 23.4 Å². The fraction of sp³-hybridized carbons (Fsp3) is 0.286. The normalized spacial score (nSPS) is 14.4. The van der Waals surface area contributed by atoms with Crippen molar-refractivity contribution in [2.75, 3.05) is 10.0 Å². The number of hydrogen-bond acceptors (Lipinski definition) is 4. The fourth-order valence-corrected chi connectivity index (χ4v) is 4.01. The molecule has 0 radical (unpaired) electrons. The van der Waals surface area contributed by atoms with Gasteiger partial charge in [0.15, 0.2) is 0 Å². The molecule has 2 aromatic rings. The van der Waals surface area contributed by atoms with E-state index in [0.717, 1.165) is 11.3 Å². The predicted molar refractivity (Wildman–Crippen MR) is 82.3 cm³/mol. The quantitative estimate of drug-likeness (QED) is 0.801. The molecule has 0 saturated heterocycles. The van der Waals surface area contributed by atoms with E-state index in [2.05, 4.69) is 20.2 Å². The molecule has 7 nitrogen and oxygen atoms in total. The number of amides is 1. The average molecular weight is 320 g/mol. The average Bonchev–Trinajstić information content (AvgIpc) is 2.78. The lowest BCUT2D eigenvalue weighted by molar-refractivity contribution is -0.116. The van der Waals surface area contributed by atoms with Crippen LogP contribution < -0.4 is 10.0 Å². The number of sulfonamides is 1. The van der Waals surface area contributed by atoms with Gasteiger partial charge in [0, 0.05) is 17.8 Å². The number of aryl methyl sites for hydroxylation is 3. The van der Waals surface area contributed by atoms with Gasteiger partial charge in [0.1, 0.15) is 4.90 Å². The second-order valence-corrected chi connectivity index (χ2v) is 6.91. The van der Waals surface area contributed by atoms with Crippen molar-refractivity contribution >= 4 is 27.3 Å². The molecule has 1 amide bonds. The van der Waals surface area contributed by atoms with Crippen molar-refractivity contribution in [3.63, 3.8) is 0 Å². The summed E-state index contributed by atoms with van der Waals surface area (Å²) in [6.07, 6.45) is 1.00. The summed E-state index contributed by atoms with van der Waals surface area (Å²) in [7, 11) is -3.70. The van der Waals surface area contributed by atoms with Gasteiger partial charge in [0.2, 0.25) is 5.91 Å². The van der Waals surface area contributed by atoms with Crippen LogP contribution >= 0.6 is 0 Å². The Hall–Kier alpha value is -2.35. The van der Waals surface area contributed by atoms with E-state index in [1.165, 1.54) is 0 Å². The minimum absolute atomic E-state index is 0.0227. The van der Waals surface area contributed by atoms with Crippen LogP contribution in [0, 0.1) is 13.8 Å². The molecule has 0 spiro atoms. The molecule has 0 bridgehead atoms. The molecule has 3 rings (SSSR count). The first kappa shape index (κ1) is 14.6. The minimum Gasteiger partial charge on any atom is -0.326 e. The monoisotopic (exact) mass is 320 g/mol. The van der Waals surface area contributed by atoms with Crippen molar-refractivity contribution in [1.82, 2.24) is 10.2 Å². The smallest absolute Gasteiger partial charge is 0.265 e. The number of fused-ring (bicyclic) bond motifs is 1. The summed E-state index contributed by atoms with van der Waals surface area (Å²) in [6, 6.07) is 5.09. The molecular formula is C14H16N4O3S. The number of nitrogens with one attached hydrogen (secondary N) is 3. The zero-order chi connectivity index (χ0) is 15.9. The maximum absolute atomic E-state index is 12.5. The van der Waals surface area contributed by atoms with Crippen molar-refractivity contribution in [1.29, 1.82) is 0 Å². The number of carbonyl (C=O) groups excluding carboxylic acids is 1. The van der Waals surface area contributed by atoms with Crippen LogP contribution in [0.3, 0.4) is 0 Å². The highest BCUT2D eigenvalue weighted by Crippen LogP contribution is 2.27. The van der Waals surface area contributed by atoms with Crippen molar-refractivity contribution in [3.8, 4) is 0 Å². The van der Waals surface area contributed by atoms with Gasteiger partial charge in [-0.05, 0) is 44.0 Å². The summed E-state index contributed by atoms with van der Waals surface area (Å²) in [5.41, 5.74) is 3.04. The van der Waals surface area contributed by atoms with E-state index in [9.17, 15) is 13.2 Å². The third-order valence-corrected chi connectivity index (χ3v) is 5.23. The summed E-state index contributed by atoms with van der Waals surface area (Å²) >= 11 is 0. The summed E-state index contributed by atoms with van der Waals surface area (Å²) in [5, 5.41) is 9.34. The molecule has 0 saturated carbocycles. The number of anilines is 2. The summed E-state index contributed by atoms with van der Waals surface area (Å²) in [6.45, 7) is 3.30. The lowest BCUT2D eigenvalue weighted by Crippen LogP contribution is -2.19. The Kier molecular flexibility index (Phi) is 3.40. The molecule has 1 aromatic heterocycles. The van der Waals surface area contributed by atoms with Crippen LogP contribution in [0.4, 0.5) is 11.4 Å². The third-order valence-electron chi connectivity index (χ3n) is 3.58. The molecule has 116 valence electrons. The molecule has 0 atom stereocenters. The van der Waals surface area contributed by atoms with Gasteiger partial charge < -0.3 is 5.32 Å². The summed E-state index contributed by atoms with van der Waals surface area (Å²) < 4.78 is 27.5. The number of nitrogens with zero attached hydrogens (tertiary/aromatic N) is 1. The molecule has 0 fully saturated rings. The van der Waals surface area contributed by atoms with Crippen molar-refractivity contribution in [2.24, 2.45) is 0 Å². The maximum atomic E-state index is 12.5. The Morgan fingerprint density at radius 1 is 1.23 bits per heavy atom. The molecule has 1 aliphatic rings. The number of carbonyl (C=O) groups is 1. The molecule has 22 heavy (non-hydrogen) atoms. The highest BCUT2D eigenvalue weighted by atomic mass is 32.2. The van der Waals surface area contributed by atoms with Crippen LogP contribution in [0.5, 0.6) is 0 Å². The van der Waals surface area contributed by atoms with E-state index < -0.39 is 10.0 Å². The van der Waals surface area contributed by atoms with Gasteiger partial charge in [0.25, 0.3) is 10.0 Å². The first-order valence-corrected chi connectivity index (χ1v) is 8.32. The first-order chi connectivity index (χ1) is 10.4. The Balaban J connectivity index is 1.92. The minimum atomic E-state index is -3.70. The molecule has 1 aliphatic heterocycles. The second kappa shape index (κ2) is 5.13. The van der Waals surface area contributed by atoms with Crippen LogP contribution in [0.2, 0.25) is 0 Å². The van der Waals surface area contributed by atoms with Crippen molar-refractivity contribution < 1.29 is 13.2 Å². The van der Waals surface area contributed by atoms with Gasteiger partial charge in [0.05, 0.1) is 11.4 Å². The summed E-state index contributed by atoms with van der Waals surface area (Å²) in [5.74, 6) is -0.0227. The number of aromatic nitrogens is 2. The van der Waals surface area contributed by atoms with Crippen molar-refractivity contribution in [3.05, 3.63) is 35.2 Å². The highest BCUT2D eigenvalue weighted by Gasteiger charge is 2.23. The zero-order valence-corrected chi connectivity index (χ0v) is 13.0. The number of hydrogen-bond donors (Lipinski definition) is 3. The Bertz CT molecular complexity index is 835. The van der Waals surface area contributed by atoms with E-state index >= 15 is 0 Å². The van der Waals surface area contributed by atoms with Gasteiger partial charge in [-0.25, -0.2) is 8.42 Å². The van der Waals surface area contributed by atoms with E-state index in [-0.39, 0.29) is 10.8 Å². The standard InChI is InChI=1S/C14H16N4O3S/c1-8-14(9(2)17-16-8)22(20,21)18-11-4-5-12-10(7-11)3-6-13(19)15-12/h4-5,7,18H,3,6H2,1-2H3,(H,15,19)(H,16,17). The highest BCUT2D eigenvalue weighted by molar-refractivity contribution is 7.92. The van der Waals surface area contributed by atoms with Crippen LogP contribution in [0.15, 0.2) is 23.1 Å². The Morgan fingerprint density at radius 2 is 2.00 bits per heavy atom. The molecule has 3 N–H and O–H groups in total. The molecule has 0 unspecified atom stereocenters. The topological polar surface area (TPSA) is 104 Å². The number of rotatable bonds is 3. The number of aromatic amines is 1. The lowest BCUT2D eigenvalue weighted by Gasteiger charge is -2.18. The molecule has 2 heterocycles. The van der Waals surface area contributed by atoms with E-state index in [0.29, 0.717) is 29.9 Å². The maximum Gasteiger partial charge on any atom is 0.265 e. The number of benzene rings is 1. The first-order valence-electron chi connectivity index (χ1n) is 6.84. The van der Waals surface area contributed by atoms with Gasteiger partial charge in [-0.2, -0.15) is 5.10 Å². The fourth-order valence-electron chi connectivity index (χ4n) is 2.59. The Labute approximate surface area is 128 Å². The molecular weight excluding hydrogens is 304 g/mol. The van der Waals surface area contributed by atoms with Gasteiger partial charge in [-0.3, -0.25) is 14.6 Å². The molecule has 1 aromatic carbocycles. The van der Waals surface area contributed by atoms with Crippen LogP contribution in [-0.4, -0.2) is 24.5 Å². The number of H-pyrrole nitrogens is 1. The van der Waals surface area contributed by atoms with Gasteiger partial charge in [-0.1, -0.05) is 0 Å². The van der Waals surface area contributed by atoms with E-state index in [4.69, 9.17) is 0 Å². The van der Waals surface area contributed by atoms with E-state index in [1.807, 2.05) is 0 Å². The SMILES string of the molecule is Cc1n[nH]c(C)c1S(=O)(=O)Nc1ccc2c(c1)CCC(=O)N2. The van der Waals surface area contributed by atoms with Gasteiger partial charge in [-0.15, -0.1) is 0 Å². The summed E-state index contributed by atoms with van der Waals surface area (Å²) in [4.78, 5) is 11.5. The van der Waals surface area contributed by atoms with Crippen LogP contribution in [-0.2, 0) is 21.2 Å². The lowest BCUT2D eigenvalue weighted by atomic mass is 10.0. The zero-order valence-electron chi connectivity index (χ0n) is 12.2. The second-order valence-electron chi connectivity index (χ2n) is 5.29. The predicted octanol–water partition coefficient (Wildman–Crippen LogP) is 1.71. The van der Waals surface area contributed by atoms with Crippen LogP contribution in [0.25, 0.3) is 0 Å². The largest absolute Gasteiger partial charge is 0.326 e. The van der Waals surface area contributed by atoms with Gasteiger partial charge >= 0.3 is 0 Å². The van der Waals surface area contributed by atoms with Crippen molar-refractivity contribution in [2.45, 2.75) is 31.6 Å². The molecule has 8 heteroatoms. The Morgan fingerprint density at radius 3 is 2.68 bits per heavy atom. The third kappa shape index (κ3) is 2.57. The molecule has 0 aliphatic carbocycles.